The maximum atomic E-state index is 13.5. The first kappa shape index (κ1) is 24.5. The Morgan fingerprint density at radius 1 is 1.07 bits per heavy atom. The molecule has 3 aromatic rings. The van der Waals surface area contributed by atoms with Crippen molar-refractivity contribution in [3.63, 3.8) is 0 Å². The minimum absolute atomic E-state index is 0. The number of benzene rings is 2. The van der Waals surface area contributed by atoms with E-state index in [1.54, 1.807) is 42.3 Å². The predicted octanol–water partition coefficient (Wildman–Crippen LogP) is 5.25. The summed E-state index contributed by atoms with van der Waals surface area (Å²) < 4.78 is 11.5. The van der Waals surface area contributed by atoms with E-state index in [4.69, 9.17) is 32.7 Å². The molecule has 2 aromatic carbocycles. The summed E-state index contributed by atoms with van der Waals surface area (Å²) in [6, 6.07) is 8.49. The predicted molar refractivity (Wildman–Crippen MR) is 127 cm³/mol. The zero-order chi connectivity index (χ0) is 21.1. The first-order chi connectivity index (χ1) is 13.8. The number of carbonyl (C=O) groups is 1. The number of halogens is 3. The second-order valence-electron chi connectivity index (χ2n) is 6.53. The third kappa shape index (κ3) is 5.10. The first-order valence-corrected chi connectivity index (χ1v) is 10.4. The molecule has 3 rings (SSSR count). The molecule has 10 heteroatoms. The molecule has 0 aliphatic heterocycles. The molecule has 0 N–H and O–H groups in total. The maximum Gasteiger partial charge on any atom is 0.263 e. The molecule has 0 unspecified atom stereocenters. The highest BCUT2D eigenvalue weighted by Gasteiger charge is 2.25. The quantitative estimate of drug-likeness (QED) is 0.453. The highest BCUT2D eigenvalue weighted by molar-refractivity contribution is 7.23. The van der Waals surface area contributed by atoms with Crippen molar-refractivity contribution < 1.29 is 14.3 Å². The number of hydrogen-bond donors (Lipinski definition) is 0. The number of rotatable bonds is 7. The van der Waals surface area contributed by atoms with Crippen LogP contribution in [0.5, 0.6) is 11.5 Å². The minimum atomic E-state index is -0.250. The fraction of sp³-hybridized carbons (Fsp3) is 0.300. The number of amides is 1. The van der Waals surface area contributed by atoms with Crippen LogP contribution >= 0.6 is 46.9 Å². The highest BCUT2D eigenvalue weighted by Crippen LogP contribution is 2.39. The van der Waals surface area contributed by atoms with Gasteiger partial charge >= 0.3 is 0 Å². The topological polar surface area (TPSA) is 54.9 Å². The summed E-state index contributed by atoms with van der Waals surface area (Å²) in [5.41, 5.74) is 0.997. The molecule has 0 bridgehead atoms. The Bertz CT molecular complexity index is 1040. The van der Waals surface area contributed by atoms with Gasteiger partial charge in [-0.15, -0.1) is 12.4 Å². The highest BCUT2D eigenvalue weighted by atomic mass is 35.5. The van der Waals surface area contributed by atoms with Crippen LogP contribution in [-0.4, -0.2) is 57.2 Å². The lowest BCUT2D eigenvalue weighted by molar-refractivity contribution is 0.0982. The third-order valence-electron chi connectivity index (χ3n) is 4.31. The van der Waals surface area contributed by atoms with Gasteiger partial charge in [-0.2, -0.15) is 0 Å². The second-order valence-corrected chi connectivity index (χ2v) is 8.35. The zero-order valence-electron chi connectivity index (χ0n) is 16.9. The van der Waals surface area contributed by atoms with Crippen molar-refractivity contribution in [3.05, 3.63) is 45.9 Å². The van der Waals surface area contributed by atoms with E-state index in [1.807, 2.05) is 19.0 Å². The fourth-order valence-electron chi connectivity index (χ4n) is 2.80. The number of nitrogens with zero attached hydrogens (tertiary/aromatic N) is 3. The van der Waals surface area contributed by atoms with E-state index in [9.17, 15) is 4.79 Å². The lowest BCUT2D eigenvalue weighted by Gasteiger charge is -2.23. The monoisotopic (exact) mass is 489 g/mol. The Morgan fingerprint density at radius 2 is 1.73 bits per heavy atom. The molecular weight excluding hydrogens is 469 g/mol. The van der Waals surface area contributed by atoms with Gasteiger partial charge in [0.05, 0.1) is 29.5 Å². The van der Waals surface area contributed by atoms with E-state index in [1.165, 1.54) is 18.4 Å². The Kier molecular flexibility index (Phi) is 8.58. The number of ether oxygens (including phenoxy) is 2. The molecule has 0 aliphatic carbocycles. The fourth-order valence-corrected chi connectivity index (χ4v) is 4.25. The van der Waals surface area contributed by atoms with Crippen LogP contribution in [0.25, 0.3) is 10.2 Å². The summed E-state index contributed by atoms with van der Waals surface area (Å²) in [5, 5.41) is 1.54. The van der Waals surface area contributed by atoms with Crippen molar-refractivity contribution in [3.8, 4) is 11.5 Å². The van der Waals surface area contributed by atoms with Crippen LogP contribution in [0.4, 0.5) is 5.13 Å². The van der Waals surface area contributed by atoms with Crippen LogP contribution in [0.1, 0.15) is 10.4 Å². The van der Waals surface area contributed by atoms with Crippen LogP contribution < -0.4 is 14.4 Å². The number of fused-ring (bicyclic) bond motifs is 1. The van der Waals surface area contributed by atoms with Crippen molar-refractivity contribution in [1.82, 2.24) is 9.88 Å². The Balaban J connectivity index is 0.00000320. The van der Waals surface area contributed by atoms with Gasteiger partial charge in [-0.3, -0.25) is 9.69 Å². The number of thiazole rings is 1. The zero-order valence-corrected chi connectivity index (χ0v) is 20.1. The molecule has 0 fully saturated rings. The lowest BCUT2D eigenvalue weighted by Crippen LogP contribution is -2.37. The maximum absolute atomic E-state index is 13.5. The van der Waals surface area contributed by atoms with Crippen LogP contribution in [0.15, 0.2) is 30.3 Å². The van der Waals surface area contributed by atoms with Crippen molar-refractivity contribution in [1.29, 1.82) is 0 Å². The van der Waals surface area contributed by atoms with Gasteiger partial charge in [0.1, 0.15) is 17.0 Å². The summed E-state index contributed by atoms with van der Waals surface area (Å²) in [6.07, 6.45) is 0. The Hall–Kier alpha value is -1.77. The summed E-state index contributed by atoms with van der Waals surface area (Å²) >= 11 is 13.8. The number of carbonyl (C=O) groups excluding carboxylic acids is 1. The molecule has 1 heterocycles. The number of anilines is 1. The van der Waals surface area contributed by atoms with Gasteiger partial charge in [0, 0.05) is 18.1 Å². The van der Waals surface area contributed by atoms with Gasteiger partial charge in [-0.05, 0) is 44.4 Å². The largest absolute Gasteiger partial charge is 0.496 e. The van der Waals surface area contributed by atoms with E-state index in [-0.39, 0.29) is 18.3 Å². The molecular formula is C20H22Cl3N3O3S. The normalized spacial score (nSPS) is 10.8. The van der Waals surface area contributed by atoms with Crippen LogP contribution in [0.2, 0.25) is 10.0 Å². The number of methoxy groups -OCH3 is 2. The average molecular weight is 491 g/mol. The minimum Gasteiger partial charge on any atom is -0.496 e. The first-order valence-electron chi connectivity index (χ1n) is 8.79. The summed E-state index contributed by atoms with van der Waals surface area (Å²) in [5.74, 6) is 0.804. The molecule has 1 aromatic heterocycles. The summed E-state index contributed by atoms with van der Waals surface area (Å²) in [4.78, 5) is 21.8. The van der Waals surface area contributed by atoms with Crippen LogP contribution in [0.3, 0.4) is 0 Å². The van der Waals surface area contributed by atoms with Gasteiger partial charge in [0.2, 0.25) is 0 Å². The molecule has 1 amide bonds. The molecule has 30 heavy (non-hydrogen) atoms. The molecule has 0 saturated heterocycles. The van der Waals surface area contributed by atoms with Gasteiger partial charge in [0.25, 0.3) is 5.91 Å². The van der Waals surface area contributed by atoms with E-state index < -0.39 is 0 Å². The van der Waals surface area contributed by atoms with Gasteiger partial charge in [-0.1, -0.05) is 34.5 Å². The van der Waals surface area contributed by atoms with E-state index >= 15 is 0 Å². The van der Waals surface area contributed by atoms with Gasteiger partial charge in [0.15, 0.2) is 5.13 Å². The number of aromatic nitrogens is 1. The molecule has 6 nitrogen and oxygen atoms in total. The van der Waals surface area contributed by atoms with Crippen molar-refractivity contribution in [2.24, 2.45) is 0 Å². The van der Waals surface area contributed by atoms with E-state index in [0.29, 0.717) is 50.8 Å². The lowest BCUT2D eigenvalue weighted by atomic mass is 10.1. The van der Waals surface area contributed by atoms with Crippen molar-refractivity contribution in [2.45, 2.75) is 0 Å². The molecule has 0 aliphatic rings. The Morgan fingerprint density at radius 3 is 2.37 bits per heavy atom. The Labute approximate surface area is 195 Å². The molecule has 0 spiro atoms. The number of hydrogen-bond acceptors (Lipinski definition) is 6. The number of likely N-dealkylation sites (N-methyl/N-ethyl adjacent to an activating group) is 1. The SMILES string of the molecule is COc1ccc(Cl)cc1C(=O)N(CCN(C)C)c1nc2c(OC)ccc(Cl)c2s1.Cl. The smallest absolute Gasteiger partial charge is 0.263 e. The summed E-state index contributed by atoms with van der Waals surface area (Å²) in [7, 11) is 6.99. The van der Waals surface area contributed by atoms with E-state index in [0.717, 1.165) is 4.70 Å². The second kappa shape index (κ2) is 10.5. The summed E-state index contributed by atoms with van der Waals surface area (Å²) in [6.45, 7) is 1.08. The van der Waals surface area contributed by atoms with E-state index in [2.05, 4.69) is 4.98 Å². The van der Waals surface area contributed by atoms with Crippen molar-refractivity contribution >= 4 is 68.2 Å². The van der Waals surface area contributed by atoms with Crippen LogP contribution in [0, 0.1) is 0 Å². The average Bonchev–Trinajstić information content (AvgIpc) is 3.14. The van der Waals surface area contributed by atoms with Gasteiger partial charge in [-0.25, -0.2) is 4.98 Å². The van der Waals surface area contributed by atoms with Gasteiger partial charge < -0.3 is 14.4 Å². The third-order valence-corrected chi connectivity index (χ3v) is 6.08. The molecule has 0 saturated carbocycles. The molecule has 0 atom stereocenters. The van der Waals surface area contributed by atoms with Crippen LogP contribution in [-0.2, 0) is 0 Å². The molecule has 162 valence electrons. The molecule has 0 radical (unpaired) electrons. The van der Waals surface area contributed by atoms with Crippen molar-refractivity contribution in [2.75, 3.05) is 46.3 Å². The standard InChI is InChI=1S/C20H21Cl2N3O3S.ClH/c1-24(2)9-10-25(19(26)13-11-12(21)5-7-15(13)27-3)20-23-17-16(28-4)8-6-14(22)18(17)29-20;/h5-8,11H,9-10H2,1-4H3;1H.